The predicted octanol–water partition coefficient (Wildman–Crippen LogP) is 5.16. The number of hydrogen-bond donors (Lipinski definition) is 4. The van der Waals surface area contributed by atoms with Crippen LogP contribution in [0.25, 0.3) is 0 Å². The molecule has 2 aromatic heterocycles. The highest BCUT2D eigenvalue weighted by Crippen LogP contribution is 2.29. The number of aromatic nitrogens is 2. The molecule has 0 amide bonds. The summed E-state index contributed by atoms with van der Waals surface area (Å²) in [7, 11) is 0. The van der Waals surface area contributed by atoms with Crippen LogP contribution in [-0.2, 0) is 9.53 Å². The van der Waals surface area contributed by atoms with Crippen molar-refractivity contribution in [1.29, 1.82) is 0 Å². The van der Waals surface area contributed by atoms with E-state index >= 15 is 0 Å². The molecule has 222 valence electrons. The average molecular weight is 553 g/mol. The highest BCUT2D eigenvalue weighted by molar-refractivity contribution is 5.69. The van der Waals surface area contributed by atoms with Crippen molar-refractivity contribution >= 4 is 5.97 Å². The molecule has 0 unspecified atom stereocenters. The number of aliphatic hydroxyl groups excluding tert-OH is 4. The summed E-state index contributed by atoms with van der Waals surface area (Å²) < 4.78 is 16.4. The summed E-state index contributed by atoms with van der Waals surface area (Å²) in [5.41, 5.74) is 0.0814. The molecular weight excluding hydrogens is 504 g/mol. The molecule has 2 rings (SSSR count). The molecule has 2 heterocycles. The lowest BCUT2D eigenvalue weighted by Gasteiger charge is -2.21. The Morgan fingerprint density at radius 2 is 1.59 bits per heavy atom. The maximum absolute atomic E-state index is 12.6. The molecule has 2 aromatic rings. The second kappa shape index (κ2) is 18.1. The van der Waals surface area contributed by atoms with Gasteiger partial charge in [-0.1, -0.05) is 78.1 Å². The van der Waals surface area contributed by atoms with Gasteiger partial charge in [0.1, 0.15) is 24.2 Å². The Kier molecular flexibility index (Phi) is 15.3. The highest BCUT2D eigenvalue weighted by Gasteiger charge is 2.30. The standard InChI is InChI=1S/C29H48N2O8/c1-4-20(2)14-12-10-8-6-5-7-9-11-13-15-26(35)39-28(25-17-30-19-38-25)29-31-22(18-37-29)23(33)16-24(34)27(36)21(3)32/h17-21,23-24,27-28,32-34,36H,4-16H2,1-3H3/t20-,21+,23-,24+,27-,28-/m0/s1. The van der Waals surface area contributed by atoms with Gasteiger partial charge in [0.05, 0.1) is 18.4 Å². The minimum absolute atomic E-state index is 0.0103. The number of aliphatic hydroxyl groups is 4. The van der Waals surface area contributed by atoms with Crippen LogP contribution >= 0.6 is 0 Å². The number of carbonyl (C=O) groups is 1. The lowest BCUT2D eigenvalue weighted by atomic mass is 9.99. The monoisotopic (exact) mass is 552 g/mol. The molecule has 0 saturated heterocycles. The largest absolute Gasteiger partial charge is 0.445 e. The molecule has 0 aliphatic heterocycles. The van der Waals surface area contributed by atoms with Crippen LogP contribution in [0.4, 0.5) is 0 Å². The fourth-order valence-electron chi connectivity index (χ4n) is 4.36. The second-order valence-electron chi connectivity index (χ2n) is 10.7. The van der Waals surface area contributed by atoms with Crippen molar-refractivity contribution in [2.75, 3.05) is 0 Å². The zero-order valence-electron chi connectivity index (χ0n) is 23.7. The van der Waals surface area contributed by atoms with Gasteiger partial charge in [0.15, 0.2) is 12.2 Å². The first-order valence-electron chi connectivity index (χ1n) is 14.5. The SMILES string of the molecule is CC[C@H](C)CCCCCCCCCCCC(=O)O[C@@H](c1cnco1)c1nc([C@@H](O)C[C@@H](O)[C@@H](O)[C@@H](C)O)co1. The van der Waals surface area contributed by atoms with Crippen molar-refractivity contribution in [3.63, 3.8) is 0 Å². The van der Waals surface area contributed by atoms with E-state index in [1.54, 1.807) is 0 Å². The quantitative estimate of drug-likeness (QED) is 0.120. The lowest BCUT2D eigenvalue weighted by Crippen LogP contribution is -2.36. The third kappa shape index (κ3) is 12.2. The van der Waals surface area contributed by atoms with Crippen LogP contribution in [-0.4, -0.2) is 54.7 Å². The summed E-state index contributed by atoms with van der Waals surface area (Å²) in [6.45, 7) is 5.91. The van der Waals surface area contributed by atoms with Gasteiger partial charge in [-0.25, -0.2) is 9.97 Å². The first kappa shape index (κ1) is 32.9. The number of unbranched alkanes of at least 4 members (excludes halogenated alkanes) is 8. The van der Waals surface area contributed by atoms with Gasteiger partial charge in [0.25, 0.3) is 0 Å². The van der Waals surface area contributed by atoms with Crippen molar-refractivity contribution in [1.82, 2.24) is 9.97 Å². The molecule has 0 fully saturated rings. The summed E-state index contributed by atoms with van der Waals surface area (Å²) in [5.74, 6) is 0.628. The number of rotatable bonds is 21. The molecule has 0 bridgehead atoms. The summed E-state index contributed by atoms with van der Waals surface area (Å²) in [6, 6.07) is 0. The zero-order valence-corrected chi connectivity index (χ0v) is 23.7. The van der Waals surface area contributed by atoms with Crippen LogP contribution in [0.3, 0.4) is 0 Å². The third-order valence-electron chi connectivity index (χ3n) is 7.19. The lowest BCUT2D eigenvalue weighted by molar-refractivity contribution is -0.149. The van der Waals surface area contributed by atoms with Gasteiger partial charge in [-0.15, -0.1) is 0 Å². The van der Waals surface area contributed by atoms with Crippen LogP contribution < -0.4 is 0 Å². The zero-order chi connectivity index (χ0) is 28.6. The minimum atomic E-state index is -1.42. The van der Waals surface area contributed by atoms with Crippen LogP contribution in [0, 0.1) is 5.92 Å². The number of carbonyl (C=O) groups excluding carboxylic acids is 1. The molecule has 0 aromatic carbocycles. The van der Waals surface area contributed by atoms with Crippen molar-refractivity contribution < 1.29 is 38.8 Å². The normalized spacial score (nSPS) is 16.4. The molecule has 10 nitrogen and oxygen atoms in total. The number of oxazole rings is 2. The Bertz CT molecular complexity index is 901. The molecule has 0 aliphatic rings. The maximum atomic E-state index is 12.6. The topological polar surface area (TPSA) is 159 Å². The van der Waals surface area contributed by atoms with Crippen LogP contribution in [0.2, 0.25) is 0 Å². The molecule has 39 heavy (non-hydrogen) atoms. The van der Waals surface area contributed by atoms with Gasteiger partial charge in [-0.05, 0) is 19.3 Å². The summed E-state index contributed by atoms with van der Waals surface area (Å²) in [4.78, 5) is 20.6. The number of hydrogen-bond acceptors (Lipinski definition) is 10. The molecule has 0 spiro atoms. The van der Waals surface area contributed by atoms with Crippen molar-refractivity contribution in [3.05, 3.63) is 36.2 Å². The van der Waals surface area contributed by atoms with E-state index in [0.717, 1.165) is 25.2 Å². The fourth-order valence-corrected chi connectivity index (χ4v) is 4.36. The Labute approximate surface area is 231 Å². The Morgan fingerprint density at radius 1 is 0.949 bits per heavy atom. The van der Waals surface area contributed by atoms with E-state index in [0.29, 0.717) is 0 Å². The Hall–Kier alpha value is -2.27. The van der Waals surface area contributed by atoms with Gasteiger partial charge in [0, 0.05) is 12.8 Å². The van der Waals surface area contributed by atoms with Gasteiger partial charge in [-0.3, -0.25) is 4.79 Å². The summed E-state index contributed by atoms with van der Waals surface area (Å²) >= 11 is 0. The molecule has 6 atom stereocenters. The van der Waals surface area contributed by atoms with E-state index in [2.05, 4.69) is 23.8 Å². The minimum Gasteiger partial charge on any atom is -0.445 e. The van der Waals surface area contributed by atoms with Gasteiger partial charge in [-0.2, -0.15) is 0 Å². The molecule has 10 heteroatoms. The van der Waals surface area contributed by atoms with E-state index in [9.17, 15) is 25.2 Å². The van der Waals surface area contributed by atoms with Crippen molar-refractivity contribution in [2.45, 2.75) is 135 Å². The summed E-state index contributed by atoms with van der Waals surface area (Å²) in [5, 5.41) is 39.6. The molecule has 0 aliphatic carbocycles. The van der Waals surface area contributed by atoms with Gasteiger partial charge in [0.2, 0.25) is 12.0 Å². The van der Waals surface area contributed by atoms with E-state index in [1.807, 2.05) is 0 Å². The molecule has 0 saturated carbocycles. The first-order valence-corrected chi connectivity index (χ1v) is 14.5. The predicted molar refractivity (Wildman–Crippen MR) is 144 cm³/mol. The molecule has 4 N–H and O–H groups in total. The van der Waals surface area contributed by atoms with E-state index in [4.69, 9.17) is 13.6 Å². The number of ether oxygens (including phenoxy) is 1. The second-order valence-corrected chi connectivity index (χ2v) is 10.7. The maximum Gasteiger partial charge on any atom is 0.307 e. The highest BCUT2D eigenvalue weighted by atomic mass is 16.6. The first-order chi connectivity index (χ1) is 18.7. The molecular formula is C29H48N2O8. The summed E-state index contributed by atoms with van der Waals surface area (Å²) in [6.07, 6.45) is 10.4. The van der Waals surface area contributed by atoms with E-state index in [1.165, 1.54) is 77.1 Å². The Balaban J connectivity index is 1.74. The molecule has 0 radical (unpaired) electrons. The van der Waals surface area contributed by atoms with Crippen molar-refractivity contribution in [2.24, 2.45) is 5.92 Å². The third-order valence-corrected chi connectivity index (χ3v) is 7.19. The van der Waals surface area contributed by atoms with Crippen LogP contribution in [0.1, 0.15) is 134 Å². The van der Waals surface area contributed by atoms with Gasteiger partial charge >= 0.3 is 5.97 Å². The van der Waals surface area contributed by atoms with E-state index in [-0.39, 0.29) is 30.2 Å². The van der Waals surface area contributed by atoms with Crippen molar-refractivity contribution in [3.8, 4) is 0 Å². The average Bonchev–Trinajstić information content (AvgIpc) is 3.62. The van der Waals surface area contributed by atoms with Crippen LogP contribution in [0.5, 0.6) is 0 Å². The fraction of sp³-hybridized carbons (Fsp3) is 0.759. The Morgan fingerprint density at radius 3 is 2.18 bits per heavy atom. The van der Waals surface area contributed by atoms with Crippen LogP contribution in [0.15, 0.2) is 27.7 Å². The smallest absolute Gasteiger partial charge is 0.307 e. The van der Waals surface area contributed by atoms with Gasteiger partial charge < -0.3 is 34.0 Å². The number of nitrogens with zero attached hydrogens (tertiary/aromatic N) is 2. The number of esters is 1. The van der Waals surface area contributed by atoms with E-state index < -0.39 is 36.5 Å².